The van der Waals surface area contributed by atoms with Crippen LogP contribution in [0.4, 0.5) is 5.69 Å². The van der Waals surface area contributed by atoms with Gasteiger partial charge in [0.15, 0.2) is 0 Å². The minimum Gasteiger partial charge on any atom is -0.326 e. The molecule has 1 N–H and O–H groups in total. The molecule has 0 aromatic heterocycles. The lowest BCUT2D eigenvalue weighted by atomic mass is 10.2. The molecular weight excluding hydrogens is 384 g/mol. The third-order valence-electron chi connectivity index (χ3n) is 3.29. The number of anilines is 1. The lowest BCUT2D eigenvalue weighted by molar-refractivity contribution is -0.126. The smallest absolute Gasteiger partial charge is 0.241 e. The van der Waals surface area contributed by atoms with Crippen LogP contribution >= 0.6 is 39.9 Å². The Morgan fingerprint density at radius 2 is 2.09 bits per heavy atom. The molecule has 0 aliphatic carbocycles. The van der Waals surface area contributed by atoms with Crippen molar-refractivity contribution in [2.24, 2.45) is 0 Å². The number of hydrogen-bond acceptors (Lipinski definition) is 4. The average Bonchev–Trinajstić information content (AvgIpc) is 2.77. The summed E-state index contributed by atoms with van der Waals surface area (Å²) in [5.41, 5.74) is 0.766. The van der Waals surface area contributed by atoms with Crippen LogP contribution in [0.15, 0.2) is 28.7 Å². The molecule has 0 saturated carbocycles. The van der Waals surface area contributed by atoms with Gasteiger partial charge < -0.3 is 5.32 Å². The van der Waals surface area contributed by atoms with Crippen LogP contribution < -0.4 is 5.32 Å². The van der Waals surface area contributed by atoms with Crippen molar-refractivity contribution in [1.29, 1.82) is 0 Å². The Balaban J connectivity index is 1.76. The molecule has 2 rings (SSSR count). The molecule has 2 amide bonds. The summed E-state index contributed by atoms with van der Waals surface area (Å²) in [6, 6.07) is 7.42. The van der Waals surface area contributed by atoms with Crippen LogP contribution in [0.2, 0.25) is 0 Å². The van der Waals surface area contributed by atoms with E-state index in [1.165, 1.54) is 11.8 Å². The maximum atomic E-state index is 12.1. The summed E-state index contributed by atoms with van der Waals surface area (Å²) in [5.74, 6) is 0.0189. The SMILES string of the molecule is CCC1SC(=S)N(CCCC(=O)Nc2ccc(Br)cc2)C1=O. The number of carbonyl (C=O) groups excluding carboxylic acids is 2. The topological polar surface area (TPSA) is 49.4 Å². The second-order valence-electron chi connectivity index (χ2n) is 4.93. The van der Waals surface area contributed by atoms with Crippen LogP contribution in [-0.4, -0.2) is 32.8 Å². The number of thioether (sulfide) groups is 1. The molecule has 1 atom stereocenters. The van der Waals surface area contributed by atoms with Crippen LogP contribution in [0.5, 0.6) is 0 Å². The molecule has 0 bridgehead atoms. The van der Waals surface area contributed by atoms with Gasteiger partial charge in [-0.1, -0.05) is 46.8 Å². The van der Waals surface area contributed by atoms with E-state index in [-0.39, 0.29) is 17.1 Å². The standard InChI is InChI=1S/C15H17BrN2O2S2/c1-2-12-14(20)18(15(21)22-12)9-3-4-13(19)17-11-7-5-10(16)6-8-11/h5-8,12H,2-4,9H2,1H3,(H,17,19). The van der Waals surface area contributed by atoms with Gasteiger partial charge in [0, 0.05) is 23.1 Å². The highest BCUT2D eigenvalue weighted by Gasteiger charge is 2.35. The summed E-state index contributed by atoms with van der Waals surface area (Å²) in [6.45, 7) is 2.49. The van der Waals surface area contributed by atoms with Gasteiger partial charge in [0.1, 0.15) is 4.32 Å². The van der Waals surface area contributed by atoms with Crippen LogP contribution in [0.1, 0.15) is 26.2 Å². The number of rotatable bonds is 6. The Hall–Kier alpha value is -0.920. The Labute approximate surface area is 148 Å². The van der Waals surface area contributed by atoms with Crippen molar-refractivity contribution in [1.82, 2.24) is 4.90 Å². The first-order valence-corrected chi connectivity index (χ1v) is 9.16. The number of hydrogen-bond donors (Lipinski definition) is 1. The van der Waals surface area contributed by atoms with Gasteiger partial charge in [0.2, 0.25) is 11.8 Å². The Bertz CT molecular complexity index is 577. The van der Waals surface area contributed by atoms with Crippen molar-refractivity contribution >= 4 is 61.7 Å². The van der Waals surface area contributed by atoms with Crippen molar-refractivity contribution in [3.05, 3.63) is 28.7 Å². The predicted molar refractivity (Wildman–Crippen MR) is 98.0 cm³/mol. The van der Waals surface area contributed by atoms with Gasteiger partial charge in [0.25, 0.3) is 0 Å². The molecule has 4 nitrogen and oxygen atoms in total. The van der Waals surface area contributed by atoms with Gasteiger partial charge in [0.05, 0.1) is 5.25 Å². The molecule has 0 spiro atoms. The van der Waals surface area contributed by atoms with Crippen LogP contribution in [0, 0.1) is 0 Å². The average molecular weight is 401 g/mol. The maximum absolute atomic E-state index is 12.1. The van der Waals surface area contributed by atoms with Crippen LogP contribution in [-0.2, 0) is 9.59 Å². The van der Waals surface area contributed by atoms with E-state index in [4.69, 9.17) is 12.2 Å². The first-order valence-electron chi connectivity index (χ1n) is 7.08. The highest BCUT2D eigenvalue weighted by atomic mass is 79.9. The van der Waals surface area contributed by atoms with E-state index >= 15 is 0 Å². The van der Waals surface area contributed by atoms with E-state index in [2.05, 4.69) is 21.2 Å². The van der Waals surface area contributed by atoms with E-state index in [1.807, 2.05) is 31.2 Å². The second-order valence-corrected chi connectivity index (χ2v) is 7.68. The Kier molecular flexibility index (Phi) is 6.40. The predicted octanol–water partition coefficient (Wildman–Crippen LogP) is 3.81. The van der Waals surface area contributed by atoms with Crippen molar-refractivity contribution < 1.29 is 9.59 Å². The molecule has 1 aromatic rings. The van der Waals surface area contributed by atoms with Crippen LogP contribution in [0.3, 0.4) is 0 Å². The van der Waals surface area contributed by atoms with Crippen molar-refractivity contribution in [3.63, 3.8) is 0 Å². The third kappa shape index (κ3) is 4.54. The highest BCUT2D eigenvalue weighted by molar-refractivity contribution is 9.10. The molecule has 22 heavy (non-hydrogen) atoms. The molecule has 1 aliphatic heterocycles. The zero-order chi connectivity index (χ0) is 16.1. The summed E-state index contributed by atoms with van der Waals surface area (Å²) in [5, 5.41) is 2.78. The molecular formula is C15H17BrN2O2S2. The van der Waals surface area contributed by atoms with E-state index in [1.54, 1.807) is 4.90 Å². The number of nitrogens with one attached hydrogen (secondary N) is 1. The molecule has 1 fully saturated rings. The summed E-state index contributed by atoms with van der Waals surface area (Å²) in [4.78, 5) is 25.6. The maximum Gasteiger partial charge on any atom is 0.241 e. The number of carbonyl (C=O) groups is 2. The zero-order valence-corrected chi connectivity index (χ0v) is 15.4. The van der Waals surface area contributed by atoms with Crippen molar-refractivity contribution in [2.75, 3.05) is 11.9 Å². The van der Waals surface area contributed by atoms with E-state index in [9.17, 15) is 9.59 Å². The largest absolute Gasteiger partial charge is 0.326 e. The number of nitrogens with zero attached hydrogens (tertiary/aromatic N) is 1. The Morgan fingerprint density at radius 3 is 2.68 bits per heavy atom. The monoisotopic (exact) mass is 400 g/mol. The Morgan fingerprint density at radius 1 is 1.41 bits per heavy atom. The van der Waals surface area contributed by atoms with E-state index in [0.29, 0.717) is 23.7 Å². The number of amides is 2. The lowest BCUT2D eigenvalue weighted by Gasteiger charge is -2.15. The molecule has 1 aromatic carbocycles. The molecule has 1 aliphatic rings. The number of halogens is 1. The van der Waals surface area contributed by atoms with Gasteiger partial charge in [-0.3, -0.25) is 14.5 Å². The fraction of sp³-hybridized carbons (Fsp3) is 0.400. The zero-order valence-electron chi connectivity index (χ0n) is 12.2. The molecule has 1 heterocycles. The summed E-state index contributed by atoms with van der Waals surface area (Å²) in [7, 11) is 0. The first-order chi connectivity index (χ1) is 10.5. The van der Waals surface area contributed by atoms with Crippen molar-refractivity contribution in [2.45, 2.75) is 31.4 Å². The van der Waals surface area contributed by atoms with E-state index < -0.39 is 0 Å². The number of thiocarbonyl (C=S) groups is 1. The minimum atomic E-state index is -0.0559. The van der Waals surface area contributed by atoms with Gasteiger partial charge in [-0.05, 0) is 37.1 Å². The van der Waals surface area contributed by atoms with E-state index in [0.717, 1.165) is 16.6 Å². The molecule has 0 radical (unpaired) electrons. The summed E-state index contributed by atoms with van der Waals surface area (Å²) < 4.78 is 1.60. The van der Waals surface area contributed by atoms with Gasteiger partial charge in [-0.25, -0.2) is 0 Å². The van der Waals surface area contributed by atoms with Gasteiger partial charge >= 0.3 is 0 Å². The van der Waals surface area contributed by atoms with Crippen LogP contribution in [0.25, 0.3) is 0 Å². The normalized spacial score (nSPS) is 17.9. The second kappa shape index (κ2) is 8.08. The molecule has 1 unspecified atom stereocenters. The highest BCUT2D eigenvalue weighted by Crippen LogP contribution is 2.29. The fourth-order valence-electron chi connectivity index (χ4n) is 2.11. The van der Waals surface area contributed by atoms with Crippen molar-refractivity contribution in [3.8, 4) is 0 Å². The molecule has 1 saturated heterocycles. The molecule has 7 heteroatoms. The van der Waals surface area contributed by atoms with Gasteiger partial charge in [-0.2, -0.15) is 0 Å². The third-order valence-corrected chi connectivity index (χ3v) is 5.57. The summed E-state index contributed by atoms with van der Waals surface area (Å²) >= 11 is 10.0. The lowest BCUT2D eigenvalue weighted by Crippen LogP contribution is -2.32. The first kappa shape index (κ1) is 17.4. The number of benzene rings is 1. The quantitative estimate of drug-likeness (QED) is 0.737. The molecule has 118 valence electrons. The minimum absolute atomic E-state index is 0.0518. The van der Waals surface area contributed by atoms with Gasteiger partial charge in [-0.15, -0.1) is 0 Å². The fourth-order valence-corrected chi connectivity index (χ4v) is 3.85. The summed E-state index contributed by atoms with van der Waals surface area (Å²) in [6.07, 6.45) is 1.75.